The van der Waals surface area contributed by atoms with Crippen LogP contribution in [0.5, 0.6) is 0 Å². The van der Waals surface area contributed by atoms with Crippen LogP contribution in [0, 0.1) is 6.92 Å². The summed E-state index contributed by atoms with van der Waals surface area (Å²) in [4.78, 5) is 22.7. The Bertz CT molecular complexity index is 1330. The number of nitrogens with zero attached hydrogens (tertiary/aromatic N) is 2. The molecular weight excluding hydrogens is 442 g/mol. The standard InChI is InChI=1S/C28H25N3O2S/c1-3-7-24-19(2)29-28(25-17-16-23(34-25)15-12-20-8-5-4-6-9-20)31-27(24)30-22-13-10-21(11-14-22)18-26(32)33/h3-6,8-17H,1,7,18H2,2H3,(H,32,33)(H,29,30,31). The monoisotopic (exact) mass is 467 g/mol. The van der Waals surface area contributed by atoms with Crippen LogP contribution in [-0.4, -0.2) is 21.0 Å². The van der Waals surface area contributed by atoms with Gasteiger partial charge in [0.25, 0.3) is 0 Å². The maximum Gasteiger partial charge on any atom is 0.307 e. The van der Waals surface area contributed by atoms with Gasteiger partial charge in [0, 0.05) is 21.8 Å². The Balaban J connectivity index is 1.61. The Hall–Kier alpha value is -4.03. The largest absolute Gasteiger partial charge is 0.481 e. The van der Waals surface area contributed by atoms with Crippen molar-refractivity contribution in [1.29, 1.82) is 0 Å². The summed E-state index contributed by atoms with van der Waals surface area (Å²) in [6, 6.07) is 21.7. The first-order chi connectivity index (χ1) is 16.5. The van der Waals surface area contributed by atoms with Crippen molar-refractivity contribution < 1.29 is 9.90 Å². The first-order valence-corrected chi connectivity index (χ1v) is 11.7. The van der Waals surface area contributed by atoms with E-state index in [1.54, 1.807) is 11.3 Å². The highest BCUT2D eigenvalue weighted by atomic mass is 32.1. The molecule has 0 atom stereocenters. The average Bonchev–Trinajstić information content (AvgIpc) is 3.30. The molecule has 2 aromatic heterocycles. The number of benzene rings is 2. The van der Waals surface area contributed by atoms with Gasteiger partial charge in [-0.05, 0) is 54.8 Å². The number of carbonyl (C=O) groups is 1. The highest BCUT2D eigenvalue weighted by Crippen LogP contribution is 2.31. The van der Waals surface area contributed by atoms with Crippen molar-refractivity contribution in [2.75, 3.05) is 5.32 Å². The first-order valence-electron chi connectivity index (χ1n) is 10.9. The van der Waals surface area contributed by atoms with E-state index in [1.807, 2.05) is 61.5 Å². The number of rotatable bonds is 9. The molecule has 0 saturated carbocycles. The predicted octanol–water partition coefficient (Wildman–Crippen LogP) is 6.78. The second kappa shape index (κ2) is 10.7. The zero-order valence-electron chi connectivity index (χ0n) is 18.9. The van der Waals surface area contributed by atoms with Gasteiger partial charge in [-0.15, -0.1) is 17.9 Å². The molecule has 5 nitrogen and oxygen atoms in total. The zero-order valence-corrected chi connectivity index (χ0v) is 19.7. The van der Waals surface area contributed by atoms with Crippen LogP contribution in [0.25, 0.3) is 22.9 Å². The third-order valence-corrected chi connectivity index (χ3v) is 6.27. The smallest absolute Gasteiger partial charge is 0.307 e. The van der Waals surface area contributed by atoms with Crippen LogP contribution < -0.4 is 5.32 Å². The molecule has 0 radical (unpaired) electrons. The summed E-state index contributed by atoms with van der Waals surface area (Å²) in [7, 11) is 0. The van der Waals surface area contributed by atoms with Gasteiger partial charge in [-0.3, -0.25) is 4.79 Å². The highest BCUT2D eigenvalue weighted by Gasteiger charge is 2.14. The summed E-state index contributed by atoms with van der Waals surface area (Å²) in [5, 5.41) is 12.4. The van der Waals surface area contributed by atoms with E-state index in [9.17, 15) is 4.79 Å². The maximum atomic E-state index is 10.9. The minimum Gasteiger partial charge on any atom is -0.481 e. The Kier molecular flexibility index (Phi) is 7.30. The molecule has 6 heteroatoms. The Morgan fingerprint density at radius 2 is 1.79 bits per heavy atom. The number of carboxylic acid groups (broad SMARTS) is 1. The lowest BCUT2D eigenvalue weighted by molar-refractivity contribution is -0.136. The second-order valence-electron chi connectivity index (χ2n) is 7.79. The lowest BCUT2D eigenvalue weighted by atomic mass is 10.1. The Labute approximate surface area is 203 Å². The van der Waals surface area contributed by atoms with Crippen LogP contribution in [0.3, 0.4) is 0 Å². The lowest BCUT2D eigenvalue weighted by Crippen LogP contribution is -2.05. The van der Waals surface area contributed by atoms with E-state index in [2.05, 4.69) is 42.2 Å². The third-order valence-electron chi connectivity index (χ3n) is 5.22. The molecular formula is C28H25N3O2S. The van der Waals surface area contributed by atoms with E-state index < -0.39 is 5.97 Å². The number of thiophene rings is 1. The Morgan fingerprint density at radius 1 is 1.03 bits per heavy atom. The van der Waals surface area contributed by atoms with Crippen molar-refractivity contribution in [3.63, 3.8) is 0 Å². The van der Waals surface area contributed by atoms with E-state index in [1.165, 1.54) is 0 Å². The van der Waals surface area contributed by atoms with Crippen molar-refractivity contribution in [2.45, 2.75) is 19.8 Å². The molecule has 4 aromatic rings. The van der Waals surface area contributed by atoms with Crippen molar-refractivity contribution in [3.05, 3.63) is 107 Å². The lowest BCUT2D eigenvalue weighted by Gasteiger charge is -2.14. The van der Waals surface area contributed by atoms with Gasteiger partial charge in [-0.1, -0.05) is 54.6 Å². The fraction of sp³-hybridized carbons (Fsp3) is 0.107. The van der Waals surface area contributed by atoms with Crippen LogP contribution in [0.1, 0.15) is 27.3 Å². The third kappa shape index (κ3) is 5.85. The molecule has 0 aliphatic carbocycles. The van der Waals surface area contributed by atoms with E-state index >= 15 is 0 Å². The zero-order chi connectivity index (χ0) is 23.9. The fourth-order valence-corrected chi connectivity index (χ4v) is 4.37. The van der Waals surface area contributed by atoms with Crippen molar-refractivity contribution in [1.82, 2.24) is 9.97 Å². The molecule has 0 unspecified atom stereocenters. The summed E-state index contributed by atoms with van der Waals surface area (Å²) in [5.41, 5.74) is 4.61. The normalized spacial score (nSPS) is 11.0. The fourth-order valence-electron chi connectivity index (χ4n) is 3.52. The molecule has 2 heterocycles. The van der Waals surface area contributed by atoms with Gasteiger partial charge in [-0.25, -0.2) is 9.97 Å². The molecule has 0 fully saturated rings. The summed E-state index contributed by atoms with van der Waals surface area (Å²) in [6.45, 7) is 5.85. The molecule has 0 aliphatic heterocycles. The van der Waals surface area contributed by atoms with Gasteiger partial charge in [-0.2, -0.15) is 0 Å². The number of aromatic nitrogens is 2. The van der Waals surface area contributed by atoms with Crippen molar-refractivity contribution in [3.8, 4) is 10.7 Å². The van der Waals surface area contributed by atoms with Crippen LogP contribution in [0.15, 0.2) is 79.4 Å². The van der Waals surface area contributed by atoms with E-state index in [0.717, 1.165) is 43.6 Å². The molecule has 34 heavy (non-hydrogen) atoms. The molecule has 0 bridgehead atoms. The van der Waals surface area contributed by atoms with E-state index in [-0.39, 0.29) is 6.42 Å². The quantitative estimate of drug-likeness (QED) is 0.265. The SMILES string of the molecule is C=CCc1c(C)nc(-c2ccc(C=Cc3ccccc3)s2)nc1Nc1ccc(CC(=O)O)cc1. The topological polar surface area (TPSA) is 75.1 Å². The number of hydrogen-bond donors (Lipinski definition) is 2. The molecule has 0 amide bonds. The van der Waals surface area contributed by atoms with Gasteiger partial charge in [0.05, 0.1) is 11.3 Å². The summed E-state index contributed by atoms with van der Waals surface area (Å²) < 4.78 is 0. The van der Waals surface area contributed by atoms with Gasteiger partial charge in [0.15, 0.2) is 5.82 Å². The van der Waals surface area contributed by atoms with E-state index in [4.69, 9.17) is 15.1 Å². The molecule has 170 valence electrons. The first kappa shape index (κ1) is 23.1. The maximum absolute atomic E-state index is 10.9. The number of hydrogen-bond acceptors (Lipinski definition) is 5. The van der Waals surface area contributed by atoms with Crippen LogP contribution >= 0.6 is 11.3 Å². The minimum absolute atomic E-state index is 0.00180. The second-order valence-corrected chi connectivity index (χ2v) is 8.91. The number of anilines is 2. The number of carboxylic acids is 1. The molecule has 0 spiro atoms. The van der Waals surface area contributed by atoms with Crippen LogP contribution in [0.2, 0.25) is 0 Å². The summed E-state index contributed by atoms with van der Waals surface area (Å²) >= 11 is 1.64. The molecule has 2 N–H and O–H groups in total. The summed E-state index contributed by atoms with van der Waals surface area (Å²) in [6.07, 6.45) is 6.67. The molecule has 4 rings (SSSR count). The molecule has 2 aromatic carbocycles. The number of aryl methyl sites for hydroxylation is 1. The van der Waals surface area contributed by atoms with E-state index in [0.29, 0.717) is 12.2 Å². The van der Waals surface area contributed by atoms with Crippen LogP contribution in [0.4, 0.5) is 11.5 Å². The Morgan fingerprint density at radius 3 is 2.50 bits per heavy atom. The molecule has 0 saturated heterocycles. The van der Waals surface area contributed by atoms with Crippen molar-refractivity contribution in [2.24, 2.45) is 0 Å². The number of nitrogens with one attached hydrogen (secondary N) is 1. The van der Waals surface area contributed by atoms with Gasteiger partial charge in [0.1, 0.15) is 5.82 Å². The number of allylic oxidation sites excluding steroid dienone is 1. The average molecular weight is 468 g/mol. The van der Waals surface area contributed by atoms with Crippen LogP contribution in [-0.2, 0) is 17.6 Å². The predicted molar refractivity (Wildman–Crippen MR) is 140 cm³/mol. The summed E-state index contributed by atoms with van der Waals surface area (Å²) in [5.74, 6) is 0.543. The number of aliphatic carboxylic acids is 1. The van der Waals surface area contributed by atoms with Gasteiger partial charge in [0.2, 0.25) is 0 Å². The minimum atomic E-state index is -0.848. The van der Waals surface area contributed by atoms with Crippen molar-refractivity contribution >= 4 is 41.0 Å². The molecule has 0 aliphatic rings. The highest BCUT2D eigenvalue weighted by molar-refractivity contribution is 7.16. The van der Waals surface area contributed by atoms with Gasteiger partial charge < -0.3 is 10.4 Å². The van der Waals surface area contributed by atoms with Gasteiger partial charge >= 0.3 is 5.97 Å².